The van der Waals surface area contributed by atoms with Crippen LogP contribution >= 0.6 is 31.9 Å². The van der Waals surface area contributed by atoms with Gasteiger partial charge in [-0.15, -0.1) is 0 Å². The summed E-state index contributed by atoms with van der Waals surface area (Å²) < 4.78 is 6.66. The lowest BCUT2D eigenvalue weighted by atomic mass is 9.54. The van der Waals surface area contributed by atoms with Gasteiger partial charge < -0.3 is 15.8 Å². The first kappa shape index (κ1) is 16.8. The number of anilines is 1. The van der Waals surface area contributed by atoms with Crippen LogP contribution in [0.5, 0.6) is 0 Å². The molecule has 2 atom stereocenters. The second-order valence-corrected chi connectivity index (χ2v) is 7.19. The van der Waals surface area contributed by atoms with Crippen molar-refractivity contribution in [3.63, 3.8) is 0 Å². The van der Waals surface area contributed by atoms with E-state index in [1.165, 1.54) is 6.20 Å². The van der Waals surface area contributed by atoms with Gasteiger partial charge in [0.1, 0.15) is 14.7 Å². The van der Waals surface area contributed by atoms with Gasteiger partial charge in [0, 0.05) is 18.4 Å². The third-order valence-corrected chi connectivity index (χ3v) is 5.10. The molecule has 1 amide bonds. The summed E-state index contributed by atoms with van der Waals surface area (Å²) >= 11 is 6.48. The average molecular weight is 422 g/mol. The molecule has 1 aliphatic rings. The van der Waals surface area contributed by atoms with Crippen molar-refractivity contribution in [2.24, 2.45) is 11.1 Å². The van der Waals surface area contributed by atoms with Gasteiger partial charge in [-0.25, -0.2) is 9.97 Å². The molecule has 0 saturated heterocycles. The van der Waals surface area contributed by atoms with E-state index in [-0.39, 0.29) is 12.0 Å². The molecule has 0 aromatic carbocycles. The smallest absolute Gasteiger partial charge is 0.246 e. The highest BCUT2D eigenvalue weighted by Gasteiger charge is 2.63. The standard InChI is InChI=1S/C13H18Br2N4O2/c1-4-21-7-5-13(16,12(7,2)3)11(20)19-10-9(15)18-8(14)6-17-10/h6-7H,4-5,16H2,1-3H3,(H,17,19,20). The summed E-state index contributed by atoms with van der Waals surface area (Å²) in [5.74, 6) is 0.0736. The number of hydrogen-bond acceptors (Lipinski definition) is 5. The zero-order chi connectivity index (χ0) is 15.8. The van der Waals surface area contributed by atoms with Gasteiger partial charge in [-0.05, 0) is 38.8 Å². The summed E-state index contributed by atoms with van der Waals surface area (Å²) in [5, 5.41) is 2.74. The number of nitrogens with two attached hydrogens (primary N) is 1. The molecule has 1 fully saturated rings. The van der Waals surface area contributed by atoms with Crippen LogP contribution in [0.1, 0.15) is 27.2 Å². The largest absolute Gasteiger partial charge is 0.378 e. The lowest BCUT2D eigenvalue weighted by Gasteiger charge is -2.57. The second-order valence-electron chi connectivity index (χ2n) is 5.63. The molecule has 0 spiro atoms. The number of hydrogen-bond donors (Lipinski definition) is 2. The molecule has 116 valence electrons. The van der Waals surface area contributed by atoms with Crippen molar-refractivity contribution in [2.75, 3.05) is 11.9 Å². The van der Waals surface area contributed by atoms with Crippen LogP contribution in [0.25, 0.3) is 0 Å². The number of carbonyl (C=O) groups is 1. The first-order valence-corrected chi connectivity index (χ1v) is 8.21. The fourth-order valence-corrected chi connectivity index (χ4v) is 3.38. The van der Waals surface area contributed by atoms with Crippen molar-refractivity contribution in [1.82, 2.24) is 9.97 Å². The van der Waals surface area contributed by atoms with Crippen LogP contribution < -0.4 is 11.1 Å². The SMILES string of the molecule is CCOC1CC(N)(C(=O)Nc2ncc(Br)nc2Br)C1(C)C. The Hall–Kier alpha value is -0.570. The van der Waals surface area contributed by atoms with Crippen LogP contribution in [0.4, 0.5) is 5.82 Å². The van der Waals surface area contributed by atoms with E-state index in [0.29, 0.717) is 28.1 Å². The molecule has 8 heteroatoms. The Morgan fingerprint density at radius 2 is 2.24 bits per heavy atom. The van der Waals surface area contributed by atoms with Gasteiger partial charge in [-0.2, -0.15) is 0 Å². The molecule has 0 bridgehead atoms. The fourth-order valence-electron chi connectivity index (χ4n) is 2.47. The van der Waals surface area contributed by atoms with E-state index in [1.807, 2.05) is 20.8 Å². The maximum atomic E-state index is 12.5. The van der Waals surface area contributed by atoms with Crippen LogP contribution in [-0.2, 0) is 9.53 Å². The Kier molecular flexibility index (Phi) is 4.72. The van der Waals surface area contributed by atoms with Crippen molar-refractivity contribution >= 4 is 43.6 Å². The number of nitrogens with zero attached hydrogens (tertiary/aromatic N) is 2. The number of amides is 1. The minimum atomic E-state index is -0.985. The quantitative estimate of drug-likeness (QED) is 0.779. The van der Waals surface area contributed by atoms with Crippen LogP contribution in [0.2, 0.25) is 0 Å². The summed E-state index contributed by atoms with van der Waals surface area (Å²) in [6.45, 7) is 6.42. The van der Waals surface area contributed by atoms with Crippen molar-refractivity contribution in [2.45, 2.75) is 38.8 Å². The summed E-state index contributed by atoms with van der Waals surface area (Å²) in [4.78, 5) is 20.8. The topological polar surface area (TPSA) is 90.1 Å². The molecule has 2 rings (SSSR count). The maximum Gasteiger partial charge on any atom is 0.246 e. The maximum absolute atomic E-state index is 12.5. The van der Waals surface area contributed by atoms with Crippen LogP contribution in [0, 0.1) is 5.41 Å². The summed E-state index contributed by atoms with van der Waals surface area (Å²) in [6.07, 6.45) is 1.98. The van der Waals surface area contributed by atoms with Crippen LogP contribution in [0.3, 0.4) is 0 Å². The highest BCUT2D eigenvalue weighted by atomic mass is 79.9. The van der Waals surface area contributed by atoms with Crippen LogP contribution in [0.15, 0.2) is 15.4 Å². The van der Waals surface area contributed by atoms with Crippen LogP contribution in [-0.4, -0.2) is 34.1 Å². The number of nitrogens with one attached hydrogen (secondary N) is 1. The molecule has 1 saturated carbocycles. The highest BCUT2D eigenvalue weighted by molar-refractivity contribution is 9.11. The van der Waals surface area contributed by atoms with E-state index < -0.39 is 11.0 Å². The zero-order valence-electron chi connectivity index (χ0n) is 12.1. The first-order valence-electron chi connectivity index (χ1n) is 6.62. The molecule has 0 radical (unpaired) electrons. The summed E-state index contributed by atoms with van der Waals surface area (Å²) in [7, 11) is 0. The van der Waals surface area contributed by atoms with Gasteiger partial charge in [0.15, 0.2) is 5.82 Å². The molecule has 6 nitrogen and oxygen atoms in total. The van der Waals surface area contributed by atoms with E-state index in [2.05, 4.69) is 47.1 Å². The lowest BCUT2D eigenvalue weighted by molar-refractivity contribution is -0.166. The molecule has 0 aliphatic heterocycles. The number of carbonyl (C=O) groups excluding carboxylic acids is 1. The zero-order valence-corrected chi connectivity index (χ0v) is 15.3. The predicted molar refractivity (Wildman–Crippen MR) is 86.8 cm³/mol. The fraction of sp³-hybridized carbons (Fsp3) is 0.615. The van der Waals surface area contributed by atoms with Gasteiger partial charge in [0.05, 0.1) is 12.3 Å². The van der Waals surface area contributed by atoms with E-state index >= 15 is 0 Å². The highest BCUT2D eigenvalue weighted by Crippen LogP contribution is 2.50. The Labute approximate surface area is 140 Å². The minimum absolute atomic E-state index is 0.0160. The Balaban J connectivity index is 2.14. The van der Waals surface area contributed by atoms with Crippen molar-refractivity contribution in [3.8, 4) is 0 Å². The van der Waals surface area contributed by atoms with Crippen molar-refractivity contribution in [1.29, 1.82) is 0 Å². The molecule has 3 N–H and O–H groups in total. The molecule has 1 heterocycles. The molecule has 2 unspecified atom stereocenters. The Morgan fingerprint density at radius 3 is 2.76 bits per heavy atom. The predicted octanol–water partition coefficient (Wildman–Crippen LogP) is 2.47. The minimum Gasteiger partial charge on any atom is -0.378 e. The van der Waals surface area contributed by atoms with Gasteiger partial charge >= 0.3 is 0 Å². The second kappa shape index (κ2) is 5.91. The molecule has 1 aromatic rings. The summed E-state index contributed by atoms with van der Waals surface area (Å²) in [6, 6.07) is 0. The van der Waals surface area contributed by atoms with Gasteiger partial charge in [-0.3, -0.25) is 4.79 Å². The average Bonchev–Trinajstić information content (AvgIpc) is 2.41. The first-order chi connectivity index (χ1) is 9.72. The molecular formula is C13H18Br2N4O2. The number of ether oxygens (including phenoxy) is 1. The Morgan fingerprint density at radius 1 is 1.57 bits per heavy atom. The third-order valence-electron chi connectivity index (χ3n) is 4.17. The van der Waals surface area contributed by atoms with Gasteiger partial charge in [-0.1, -0.05) is 13.8 Å². The third kappa shape index (κ3) is 2.86. The van der Waals surface area contributed by atoms with E-state index in [4.69, 9.17) is 10.5 Å². The van der Waals surface area contributed by atoms with E-state index in [9.17, 15) is 4.79 Å². The normalized spacial score (nSPS) is 27.0. The molecule has 1 aromatic heterocycles. The molecule has 1 aliphatic carbocycles. The van der Waals surface area contributed by atoms with Crippen molar-refractivity contribution < 1.29 is 9.53 Å². The van der Waals surface area contributed by atoms with E-state index in [0.717, 1.165) is 0 Å². The van der Waals surface area contributed by atoms with Gasteiger partial charge in [0.25, 0.3) is 0 Å². The molecule has 21 heavy (non-hydrogen) atoms. The van der Waals surface area contributed by atoms with Crippen molar-refractivity contribution in [3.05, 3.63) is 15.4 Å². The number of rotatable bonds is 4. The van der Waals surface area contributed by atoms with Gasteiger partial charge in [0.2, 0.25) is 5.91 Å². The monoisotopic (exact) mass is 420 g/mol. The lowest BCUT2D eigenvalue weighted by Crippen LogP contribution is -2.74. The summed E-state index contributed by atoms with van der Waals surface area (Å²) in [5.41, 5.74) is 4.88. The molecular weight excluding hydrogens is 404 g/mol. The Bertz CT molecular complexity index is 567. The van der Waals surface area contributed by atoms with E-state index in [1.54, 1.807) is 0 Å². The number of halogens is 2. The number of aromatic nitrogens is 2.